The van der Waals surface area contributed by atoms with Gasteiger partial charge in [-0.2, -0.15) is 0 Å². The van der Waals surface area contributed by atoms with Gasteiger partial charge in [-0.15, -0.1) is 0 Å². The highest BCUT2D eigenvalue weighted by Gasteiger charge is 2.23. The van der Waals surface area contributed by atoms with E-state index in [1.54, 1.807) is 0 Å². The lowest BCUT2D eigenvalue weighted by Gasteiger charge is -2.35. The molecule has 1 N–H and O–H groups in total. The lowest BCUT2D eigenvalue weighted by Crippen LogP contribution is -2.48. The molecule has 1 saturated heterocycles. The highest BCUT2D eigenvalue weighted by atomic mass is 16.2. The maximum Gasteiger partial charge on any atom is 0.254 e. The molecule has 0 saturated carbocycles. The van der Waals surface area contributed by atoms with Gasteiger partial charge < -0.3 is 9.88 Å². The van der Waals surface area contributed by atoms with E-state index in [1.807, 2.05) is 47.4 Å². The third kappa shape index (κ3) is 3.39. The number of hydrogen-bond acceptors (Lipinski definition) is 3. The number of pyridine rings is 1. The van der Waals surface area contributed by atoms with Crippen LogP contribution in [0, 0.1) is 0 Å². The van der Waals surface area contributed by atoms with Crippen LogP contribution in [-0.4, -0.2) is 46.9 Å². The Balaban J connectivity index is 1.48. The minimum atomic E-state index is -0.241. The Hall–Kier alpha value is -2.92. The van der Waals surface area contributed by atoms with Crippen molar-refractivity contribution < 1.29 is 4.79 Å². The molecule has 26 heavy (non-hydrogen) atoms. The number of nitrogens with zero attached hydrogens (tertiary/aromatic N) is 2. The molecule has 1 aliphatic rings. The molecule has 0 unspecified atom stereocenters. The Morgan fingerprint density at radius 3 is 2.38 bits per heavy atom. The fraction of sp³-hybridized carbons (Fsp3) is 0.238. The molecule has 132 valence electrons. The normalized spacial score (nSPS) is 15.3. The average Bonchev–Trinajstić information content (AvgIpc) is 2.68. The van der Waals surface area contributed by atoms with Gasteiger partial charge >= 0.3 is 0 Å². The van der Waals surface area contributed by atoms with Crippen molar-refractivity contribution >= 4 is 16.8 Å². The van der Waals surface area contributed by atoms with Gasteiger partial charge in [-0.25, -0.2) is 0 Å². The second kappa shape index (κ2) is 7.14. The standard InChI is InChI=1S/C21H21N3O2/c25-20-14-18(17-8-4-5-9-19(17)22-20)21(26)24-12-10-23(11-13-24)15-16-6-2-1-3-7-16/h1-9,14H,10-13,15H2,(H,22,25). The van der Waals surface area contributed by atoms with Crippen LogP contribution >= 0.6 is 0 Å². The molecule has 2 aromatic carbocycles. The van der Waals surface area contributed by atoms with Crippen LogP contribution in [0.2, 0.25) is 0 Å². The molecule has 0 aliphatic carbocycles. The molecule has 1 fully saturated rings. The van der Waals surface area contributed by atoms with Crippen molar-refractivity contribution in [3.8, 4) is 0 Å². The summed E-state index contributed by atoms with van der Waals surface area (Å²) in [5.74, 6) is -0.0633. The molecule has 1 aliphatic heterocycles. The van der Waals surface area contributed by atoms with Crippen LogP contribution in [0.4, 0.5) is 0 Å². The maximum atomic E-state index is 13.0. The Labute approximate surface area is 151 Å². The molecule has 5 heteroatoms. The second-order valence-electron chi connectivity index (χ2n) is 6.65. The van der Waals surface area contributed by atoms with Crippen molar-refractivity contribution in [1.29, 1.82) is 0 Å². The Kier molecular flexibility index (Phi) is 4.54. The van der Waals surface area contributed by atoms with Crippen molar-refractivity contribution in [1.82, 2.24) is 14.8 Å². The van der Waals surface area contributed by atoms with Crippen LogP contribution in [0.1, 0.15) is 15.9 Å². The molecule has 2 heterocycles. The molecule has 1 aromatic heterocycles. The smallest absolute Gasteiger partial charge is 0.254 e. The summed E-state index contributed by atoms with van der Waals surface area (Å²) in [5.41, 5.74) is 2.23. The molecule has 0 bridgehead atoms. The summed E-state index contributed by atoms with van der Waals surface area (Å²) in [4.78, 5) is 31.9. The number of nitrogens with one attached hydrogen (secondary N) is 1. The summed E-state index contributed by atoms with van der Waals surface area (Å²) in [6, 6.07) is 19.2. The molecular weight excluding hydrogens is 326 g/mol. The number of aromatic nitrogens is 1. The van der Waals surface area contributed by atoms with Gasteiger partial charge in [0, 0.05) is 49.7 Å². The van der Waals surface area contributed by atoms with Crippen molar-refractivity contribution in [2.75, 3.05) is 26.2 Å². The predicted molar refractivity (Wildman–Crippen MR) is 102 cm³/mol. The zero-order chi connectivity index (χ0) is 17.9. The van der Waals surface area contributed by atoms with Crippen molar-refractivity contribution in [2.24, 2.45) is 0 Å². The quantitative estimate of drug-likeness (QED) is 0.792. The summed E-state index contributed by atoms with van der Waals surface area (Å²) in [5, 5.41) is 0.795. The molecule has 5 nitrogen and oxygen atoms in total. The molecule has 0 radical (unpaired) electrons. The average molecular weight is 347 g/mol. The van der Waals surface area contributed by atoms with Gasteiger partial charge in [-0.1, -0.05) is 48.5 Å². The number of rotatable bonds is 3. The van der Waals surface area contributed by atoms with Gasteiger partial charge in [0.25, 0.3) is 5.91 Å². The topological polar surface area (TPSA) is 56.4 Å². The molecule has 0 atom stereocenters. The van der Waals surface area contributed by atoms with Gasteiger partial charge in [-0.05, 0) is 11.6 Å². The Morgan fingerprint density at radius 1 is 0.923 bits per heavy atom. The zero-order valence-electron chi connectivity index (χ0n) is 14.5. The van der Waals surface area contributed by atoms with Crippen molar-refractivity contribution in [2.45, 2.75) is 6.54 Å². The SMILES string of the molecule is O=C(c1cc(=O)[nH]c2ccccc12)N1CCN(Cc2ccccc2)CC1. The predicted octanol–water partition coefficient (Wildman–Crippen LogP) is 2.49. The fourth-order valence-electron chi connectivity index (χ4n) is 3.50. The number of benzene rings is 2. The Bertz CT molecular complexity index is 973. The number of amides is 1. The van der Waals surface area contributed by atoms with Gasteiger partial charge in [-0.3, -0.25) is 14.5 Å². The van der Waals surface area contributed by atoms with Crippen LogP contribution in [0.25, 0.3) is 10.9 Å². The first-order valence-corrected chi connectivity index (χ1v) is 8.88. The number of hydrogen-bond donors (Lipinski definition) is 1. The van der Waals surface area contributed by atoms with Gasteiger partial charge in [0.05, 0.1) is 5.56 Å². The third-order valence-electron chi connectivity index (χ3n) is 4.89. The first-order valence-electron chi connectivity index (χ1n) is 8.88. The summed E-state index contributed by atoms with van der Waals surface area (Å²) in [6.07, 6.45) is 0. The van der Waals surface area contributed by atoms with Gasteiger partial charge in [0.15, 0.2) is 0 Å². The summed E-state index contributed by atoms with van der Waals surface area (Å²) >= 11 is 0. The monoisotopic (exact) mass is 347 g/mol. The van der Waals surface area contributed by atoms with E-state index in [4.69, 9.17) is 0 Å². The lowest BCUT2D eigenvalue weighted by molar-refractivity contribution is 0.0630. The van der Waals surface area contributed by atoms with Crippen LogP contribution in [0.3, 0.4) is 0 Å². The largest absolute Gasteiger partial charge is 0.336 e. The van der Waals surface area contributed by atoms with E-state index < -0.39 is 0 Å². The van der Waals surface area contributed by atoms with Gasteiger partial charge in [0.1, 0.15) is 0 Å². The van der Waals surface area contributed by atoms with E-state index >= 15 is 0 Å². The summed E-state index contributed by atoms with van der Waals surface area (Å²) in [6.45, 7) is 3.92. The summed E-state index contributed by atoms with van der Waals surface area (Å²) in [7, 11) is 0. The van der Waals surface area contributed by atoms with Gasteiger partial charge in [0.2, 0.25) is 5.56 Å². The number of H-pyrrole nitrogens is 1. The molecule has 4 rings (SSSR count). The second-order valence-corrected chi connectivity index (χ2v) is 6.65. The molecule has 1 amide bonds. The van der Waals surface area contributed by atoms with Crippen LogP contribution in [0.5, 0.6) is 0 Å². The number of para-hydroxylation sites is 1. The minimum Gasteiger partial charge on any atom is -0.336 e. The number of carbonyl (C=O) groups is 1. The lowest BCUT2D eigenvalue weighted by atomic mass is 10.1. The highest BCUT2D eigenvalue weighted by molar-refractivity contribution is 6.05. The number of piperazine rings is 1. The zero-order valence-corrected chi connectivity index (χ0v) is 14.5. The fourth-order valence-corrected chi connectivity index (χ4v) is 3.50. The summed E-state index contributed by atoms with van der Waals surface area (Å²) < 4.78 is 0. The van der Waals surface area contributed by atoms with E-state index in [-0.39, 0.29) is 11.5 Å². The maximum absolute atomic E-state index is 13.0. The number of fused-ring (bicyclic) bond motifs is 1. The van der Waals surface area contributed by atoms with Crippen LogP contribution in [0.15, 0.2) is 65.5 Å². The minimum absolute atomic E-state index is 0.0633. The van der Waals surface area contributed by atoms with Crippen LogP contribution < -0.4 is 5.56 Å². The Morgan fingerprint density at radius 2 is 1.62 bits per heavy atom. The highest BCUT2D eigenvalue weighted by Crippen LogP contribution is 2.18. The molecular formula is C21H21N3O2. The van der Waals surface area contributed by atoms with Crippen molar-refractivity contribution in [3.63, 3.8) is 0 Å². The van der Waals surface area contributed by atoms with E-state index in [9.17, 15) is 9.59 Å². The molecule has 3 aromatic rings. The van der Waals surface area contributed by atoms with E-state index in [0.29, 0.717) is 24.2 Å². The van der Waals surface area contributed by atoms with E-state index in [2.05, 4.69) is 22.0 Å². The first kappa shape index (κ1) is 16.5. The van der Waals surface area contributed by atoms with Crippen molar-refractivity contribution in [3.05, 3.63) is 82.1 Å². The number of carbonyl (C=O) groups excluding carboxylic acids is 1. The van der Waals surface area contributed by atoms with Crippen LogP contribution in [-0.2, 0) is 6.54 Å². The first-order chi connectivity index (χ1) is 12.7. The van der Waals surface area contributed by atoms with E-state index in [0.717, 1.165) is 25.0 Å². The van der Waals surface area contributed by atoms with E-state index in [1.165, 1.54) is 11.6 Å². The molecule has 0 spiro atoms. The number of aromatic amines is 1. The third-order valence-corrected chi connectivity index (χ3v) is 4.89.